The fraction of sp³-hybridized carbons (Fsp3) is 0.312. The van der Waals surface area contributed by atoms with Crippen LogP contribution in [0, 0.1) is 0 Å². The van der Waals surface area contributed by atoms with Crippen molar-refractivity contribution in [3.63, 3.8) is 0 Å². The fourth-order valence-electron chi connectivity index (χ4n) is 2.02. The van der Waals surface area contributed by atoms with Crippen LogP contribution in [0.2, 0.25) is 0 Å². The summed E-state index contributed by atoms with van der Waals surface area (Å²) in [5.74, 6) is -0.00370. The van der Waals surface area contributed by atoms with Gasteiger partial charge in [0.15, 0.2) is 0 Å². The zero-order valence-electron chi connectivity index (χ0n) is 11.7. The molecule has 0 heterocycles. The van der Waals surface area contributed by atoms with Gasteiger partial charge in [-0.3, -0.25) is 4.79 Å². The van der Waals surface area contributed by atoms with E-state index in [1.165, 1.54) is 0 Å². The number of anilines is 1. The largest absolute Gasteiger partial charge is 0.326 e. The molecule has 2 aromatic carbocycles. The zero-order chi connectivity index (χ0) is 14.8. The minimum absolute atomic E-state index is 0.00370. The topological polar surface area (TPSA) is 55.1 Å². The molecule has 3 nitrogen and oxygen atoms in total. The molecule has 0 radical (unpaired) electrons. The Bertz CT molecular complexity index is 632. The third-order valence-corrected chi connectivity index (χ3v) is 3.83. The third kappa shape index (κ3) is 3.81. The first kappa shape index (κ1) is 15.0. The molecule has 0 aliphatic heterocycles. The Labute approximate surface area is 127 Å². The van der Waals surface area contributed by atoms with Crippen LogP contribution in [0.5, 0.6) is 0 Å². The van der Waals surface area contributed by atoms with Crippen molar-refractivity contribution in [3.8, 4) is 0 Å². The van der Waals surface area contributed by atoms with E-state index in [0.717, 1.165) is 20.9 Å². The summed E-state index contributed by atoms with van der Waals surface area (Å²) in [7, 11) is 0. The normalized spacial score (nSPS) is 11.6. The molecule has 106 valence electrons. The predicted octanol–water partition coefficient (Wildman–Crippen LogP) is 4.06. The van der Waals surface area contributed by atoms with Crippen molar-refractivity contribution < 1.29 is 4.79 Å². The lowest BCUT2D eigenvalue weighted by molar-refractivity contribution is -0.116. The van der Waals surface area contributed by atoms with Crippen LogP contribution in [0.4, 0.5) is 5.69 Å². The highest BCUT2D eigenvalue weighted by Crippen LogP contribution is 2.30. The maximum Gasteiger partial charge on any atom is 0.224 e. The quantitative estimate of drug-likeness (QED) is 0.885. The van der Waals surface area contributed by atoms with Crippen LogP contribution in [0.25, 0.3) is 10.8 Å². The third-order valence-electron chi connectivity index (χ3n) is 3.14. The highest BCUT2D eigenvalue weighted by atomic mass is 79.9. The lowest BCUT2D eigenvalue weighted by Gasteiger charge is -2.18. The summed E-state index contributed by atoms with van der Waals surface area (Å²) in [4.78, 5) is 12.0. The lowest BCUT2D eigenvalue weighted by Crippen LogP contribution is -2.33. The molecule has 2 rings (SSSR count). The number of carbonyl (C=O) groups excluding carboxylic acids is 1. The fourth-order valence-corrected chi connectivity index (χ4v) is 2.50. The van der Waals surface area contributed by atoms with E-state index in [1.54, 1.807) is 0 Å². The maximum absolute atomic E-state index is 12.0. The van der Waals surface area contributed by atoms with Gasteiger partial charge in [-0.05, 0) is 37.8 Å². The predicted molar refractivity (Wildman–Crippen MR) is 87.8 cm³/mol. The van der Waals surface area contributed by atoms with Crippen molar-refractivity contribution in [2.24, 2.45) is 5.73 Å². The van der Waals surface area contributed by atoms with Crippen LogP contribution in [-0.4, -0.2) is 11.4 Å². The van der Waals surface area contributed by atoms with Gasteiger partial charge in [-0.2, -0.15) is 0 Å². The van der Waals surface area contributed by atoms with Crippen molar-refractivity contribution >= 4 is 38.3 Å². The second-order valence-electron chi connectivity index (χ2n) is 5.68. The molecule has 20 heavy (non-hydrogen) atoms. The molecule has 0 aromatic heterocycles. The molecule has 1 amide bonds. The molecule has 4 heteroatoms. The number of carbonyl (C=O) groups is 1. The van der Waals surface area contributed by atoms with E-state index in [9.17, 15) is 4.79 Å². The summed E-state index contributed by atoms with van der Waals surface area (Å²) >= 11 is 3.52. The van der Waals surface area contributed by atoms with E-state index >= 15 is 0 Å². The van der Waals surface area contributed by atoms with Gasteiger partial charge in [-0.25, -0.2) is 0 Å². The Morgan fingerprint density at radius 1 is 1.20 bits per heavy atom. The molecule has 0 aliphatic carbocycles. The summed E-state index contributed by atoms with van der Waals surface area (Å²) in [5, 5.41) is 5.09. The van der Waals surface area contributed by atoms with Crippen LogP contribution in [0.15, 0.2) is 40.9 Å². The Morgan fingerprint density at radius 3 is 2.50 bits per heavy atom. The van der Waals surface area contributed by atoms with Crippen LogP contribution < -0.4 is 11.1 Å². The Morgan fingerprint density at radius 2 is 1.85 bits per heavy atom. The minimum atomic E-state index is -0.320. The number of hydrogen-bond acceptors (Lipinski definition) is 2. The lowest BCUT2D eigenvalue weighted by atomic mass is 10.00. The monoisotopic (exact) mass is 334 g/mol. The van der Waals surface area contributed by atoms with E-state index in [-0.39, 0.29) is 11.4 Å². The average Bonchev–Trinajstić information content (AvgIpc) is 2.39. The van der Waals surface area contributed by atoms with E-state index in [2.05, 4.69) is 21.2 Å². The van der Waals surface area contributed by atoms with Crippen LogP contribution in [0.3, 0.4) is 0 Å². The molecule has 0 saturated carbocycles. The van der Waals surface area contributed by atoms with Gasteiger partial charge in [0.25, 0.3) is 0 Å². The van der Waals surface area contributed by atoms with Gasteiger partial charge >= 0.3 is 0 Å². The van der Waals surface area contributed by atoms with Gasteiger partial charge in [0.2, 0.25) is 5.91 Å². The summed E-state index contributed by atoms with van der Waals surface area (Å²) in [6.45, 7) is 3.85. The molecule has 0 fully saturated rings. The number of fused-ring (bicyclic) bond motifs is 1. The zero-order valence-corrected chi connectivity index (χ0v) is 13.3. The second-order valence-corrected chi connectivity index (χ2v) is 6.53. The first-order valence-electron chi connectivity index (χ1n) is 6.63. The van der Waals surface area contributed by atoms with Gasteiger partial charge in [-0.1, -0.05) is 40.2 Å². The summed E-state index contributed by atoms with van der Waals surface area (Å²) < 4.78 is 1.02. The number of halogens is 1. The van der Waals surface area contributed by atoms with Crippen molar-refractivity contribution in [2.75, 3.05) is 5.32 Å². The number of nitrogens with two attached hydrogens (primary N) is 1. The van der Waals surface area contributed by atoms with E-state index in [1.807, 2.05) is 50.2 Å². The molecule has 0 saturated heterocycles. The summed E-state index contributed by atoms with van der Waals surface area (Å²) in [5.41, 5.74) is 6.42. The number of rotatable bonds is 4. The molecule has 0 atom stereocenters. The smallest absolute Gasteiger partial charge is 0.224 e. The van der Waals surface area contributed by atoms with Crippen LogP contribution in [0.1, 0.15) is 26.7 Å². The highest BCUT2D eigenvalue weighted by Gasteiger charge is 2.14. The number of hydrogen-bond donors (Lipinski definition) is 2. The highest BCUT2D eigenvalue weighted by molar-refractivity contribution is 9.10. The molecule has 3 N–H and O–H groups in total. The summed E-state index contributed by atoms with van der Waals surface area (Å²) in [6.07, 6.45) is 1.08. The minimum Gasteiger partial charge on any atom is -0.326 e. The molecule has 0 unspecified atom stereocenters. The molecule has 2 aromatic rings. The Balaban J connectivity index is 2.18. The summed E-state index contributed by atoms with van der Waals surface area (Å²) in [6, 6.07) is 11.8. The first-order chi connectivity index (χ1) is 9.37. The van der Waals surface area contributed by atoms with Gasteiger partial charge in [0, 0.05) is 27.5 Å². The molecular formula is C16H19BrN2O. The van der Waals surface area contributed by atoms with Crippen LogP contribution in [-0.2, 0) is 4.79 Å². The van der Waals surface area contributed by atoms with Crippen LogP contribution >= 0.6 is 15.9 Å². The molecule has 0 spiro atoms. The standard InChI is InChI=1S/C16H19BrN2O/c1-16(2,18)10-9-15(20)19-14-8-7-13(17)11-5-3-4-6-12(11)14/h3-8H,9-10,18H2,1-2H3,(H,19,20). The van der Waals surface area contributed by atoms with E-state index < -0.39 is 0 Å². The SMILES string of the molecule is CC(C)(N)CCC(=O)Nc1ccc(Br)c2ccccc12. The number of nitrogens with one attached hydrogen (secondary N) is 1. The van der Waals surface area contributed by atoms with Crippen molar-refractivity contribution in [1.29, 1.82) is 0 Å². The Hall–Kier alpha value is -1.39. The van der Waals surface area contributed by atoms with Gasteiger partial charge in [0.1, 0.15) is 0 Å². The molecule has 0 bridgehead atoms. The maximum atomic E-state index is 12.0. The van der Waals surface area contributed by atoms with E-state index in [4.69, 9.17) is 5.73 Å². The number of amides is 1. The average molecular weight is 335 g/mol. The molecular weight excluding hydrogens is 316 g/mol. The van der Waals surface area contributed by atoms with Crippen molar-refractivity contribution in [2.45, 2.75) is 32.2 Å². The molecule has 0 aliphatic rings. The Kier molecular flexibility index (Phi) is 4.45. The van der Waals surface area contributed by atoms with Gasteiger partial charge in [-0.15, -0.1) is 0 Å². The van der Waals surface area contributed by atoms with Gasteiger partial charge in [0.05, 0.1) is 0 Å². The van der Waals surface area contributed by atoms with Crippen molar-refractivity contribution in [3.05, 3.63) is 40.9 Å². The second kappa shape index (κ2) is 5.94. The first-order valence-corrected chi connectivity index (χ1v) is 7.42. The van der Waals surface area contributed by atoms with Crippen molar-refractivity contribution in [1.82, 2.24) is 0 Å². The van der Waals surface area contributed by atoms with E-state index in [0.29, 0.717) is 12.8 Å². The van der Waals surface area contributed by atoms with Gasteiger partial charge < -0.3 is 11.1 Å². The number of benzene rings is 2.